The smallest absolute Gasteiger partial charge is 0.251 e. The summed E-state index contributed by atoms with van der Waals surface area (Å²) >= 11 is 0. The van der Waals surface area contributed by atoms with E-state index in [9.17, 15) is 9.59 Å². The zero-order valence-corrected chi connectivity index (χ0v) is 15.5. The monoisotopic (exact) mass is 356 g/mol. The SMILES string of the molecule is Cc1ccc(C2C(C(=O)NCc3cnn(C)c3C)OCC(=O)N2C)cc1. The van der Waals surface area contributed by atoms with Crippen LogP contribution >= 0.6 is 0 Å². The number of nitrogens with zero attached hydrogens (tertiary/aromatic N) is 3. The number of hydrogen-bond acceptors (Lipinski definition) is 4. The molecule has 138 valence electrons. The number of nitrogens with one attached hydrogen (secondary N) is 1. The molecular weight excluding hydrogens is 332 g/mol. The third-order valence-corrected chi connectivity index (χ3v) is 4.95. The molecule has 0 bridgehead atoms. The Morgan fingerprint density at radius 1 is 1.27 bits per heavy atom. The van der Waals surface area contributed by atoms with Gasteiger partial charge in [-0.3, -0.25) is 14.3 Å². The van der Waals surface area contributed by atoms with Gasteiger partial charge in [0.15, 0.2) is 6.10 Å². The summed E-state index contributed by atoms with van der Waals surface area (Å²) in [7, 11) is 3.57. The average Bonchev–Trinajstić information content (AvgIpc) is 2.94. The van der Waals surface area contributed by atoms with Crippen LogP contribution in [0.5, 0.6) is 0 Å². The Labute approximate surface area is 152 Å². The fraction of sp³-hybridized carbons (Fsp3) is 0.421. The van der Waals surface area contributed by atoms with Crippen LogP contribution in [0.1, 0.15) is 28.4 Å². The number of aromatic nitrogens is 2. The molecule has 1 fully saturated rings. The molecule has 2 unspecified atom stereocenters. The molecule has 1 aromatic heterocycles. The molecule has 1 aromatic carbocycles. The van der Waals surface area contributed by atoms with Crippen molar-refractivity contribution < 1.29 is 14.3 Å². The number of morpholine rings is 1. The van der Waals surface area contributed by atoms with E-state index in [-0.39, 0.29) is 18.4 Å². The highest BCUT2D eigenvalue weighted by molar-refractivity contribution is 5.86. The van der Waals surface area contributed by atoms with Crippen LogP contribution in [0.4, 0.5) is 0 Å². The Morgan fingerprint density at radius 2 is 1.96 bits per heavy atom. The van der Waals surface area contributed by atoms with E-state index in [2.05, 4.69) is 10.4 Å². The van der Waals surface area contributed by atoms with Crippen LogP contribution in [0.3, 0.4) is 0 Å². The topological polar surface area (TPSA) is 76.5 Å². The highest BCUT2D eigenvalue weighted by Crippen LogP contribution is 2.29. The summed E-state index contributed by atoms with van der Waals surface area (Å²) in [5.41, 5.74) is 3.95. The maximum atomic E-state index is 12.8. The van der Waals surface area contributed by atoms with Crippen molar-refractivity contribution in [3.8, 4) is 0 Å². The Balaban J connectivity index is 1.78. The minimum Gasteiger partial charge on any atom is -0.356 e. The summed E-state index contributed by atoms with van der Waals surface area (Å²) < 4.78 is 7.38. The second-order valence-electron chi connectivity index (χ2n) is 6.69. The maximum Gasteiger partial charge on any atom is 0.251 e. The van der Waals surface area contributed by atoms with Crippen molar-refractivity contribution >= 4 is 11.8 Å². The number of carbonyl (C=O) groups excluding carboxylic acids is 2. The molecule has 2 heterocycles. The summed E-state index contributed by atoms with van der Waals surface area (Å²) in [6.07, 6.45) is 0.988. The molecule has 7 heteroatoms. The Bertz CT molecular complexity index is 813. The van der Waals surface area contributed by atoms with Gasteiger partial charge in [-0.05, 0) is 19.4 Å². The van der Waals surface area contributed by atoms with Crippen LogP contribution in [0, 0.1) is 13.8 Å². The second-order valence-corrected chi connectivity index (χ2v) is 6.69. The third kappa shape index (κ3) is 3.48. The van der Waals surface area contributed by atoms with E-state index in [1.54, 1.807) is 22.8 Å². The first-order valence-corrected chi connectivity index (χ1v) is 8.57. The van der Waals surface area contributed by atoms with Crippen molar-refractivity contribution in [2.24, 2.45) is 7.05 Å². The van der Waals surface area contributed by atoms with E-state index < -0.39 is 12.1 Å². The zero-order valence-electron chi connectivity index (χ0n) is 15.5. The molecule has 7 nitrogen and oxygen atoms in total. The molecule has 0 aliphatic carbocycles. The summed E-state index contributed by atoms with van der Waals surface area (Å²) in [4.78, 5) is 26.5. The van der Waals surface area contributed by atoms with Crippen molar-refractivity contribution in [2.75, 3.05) is 13.7 Å². The number of hydrogen-bond donors (Lipinski definition) is 1. The minimum absolute atomic E-state index is 0.0944. The van der Waals surface area contributed by atoms with Gasteiger partial charge >= 0.3 is 0 Å². The minimum atomic E-state index is -0.752. The fourth-order valence-corrected chi connectivity index (χ4v) is 3.09. The highest BCUT2D eigenvalue weighted by Gasteiger charge is 2.39. The summed E-state index contributed by atoms with van der Waals surface area (Å²) in [5, 5.41) is 7.09. The van der Waals surface area contributed by atoms with Crippen LogP contribution in [-0.2, 0) is 27.9 Å². The number of benzene rings is 1. The van der Waals surface area contributed by atoms with Crippen LogP contribution in [0.2, 0.25) is 0 Å². The second kappa shape index (κ2) is 7.29. The molecule has 2 atom stereocenters. The molecule has 26 heavy (non-hydrogen) atoms. The van der Waals surface area contributed by atoms with Gasteiger partial charge in [0, 0.05) is 31.9 Å². The molecule has 2 aromatic rings. The quantitative estimate of drug-likeness (QED) is 0.895. The number of likely N-dealkylation sites (N-methyl/N-ethyl adjacent to an activating group) is 1. The molecule has 2 amide bonds. The first-order valence-electron chi connectivity index (χ1n) is 8.57. The number of ether oxygens (including phenoxy) is 1. The first-order chi connectivity index (χ1) is 12.4. The van der Waals surface area contributed by atoms with Gasteiger partial charge in [-0.15, -0.1) is 0 Å². The molecule has 1 N–H and O–H groups in total. The molecule has 0 radical (unpaired) electrons. The Hall–Kier alpha value is -2.67. The molecule has 0 saturated carbocycles. The zero-order chi connectivity index (χ0) is 18.8. The van der Waals surface area contributed by atoms with Crippen molar-refractivity contribution in [1.82, 2.24) is 20.0 Å². The van der Waals surface area contributed by atoms with E-state index in [0.29, 0.717) is 6.54 Å². The average molecular weight is 356 g/mol. The van der Waals surface area contributed by atoms with Gasteiger partial charge in [0.2, 0.25) is 5.91 Å². The molecular formula is C19H24N4O3. The van der Waals surface area contributed by atoms with Gasteiger partial charge in [-0.1, -0.05) is 29.8 Å². The van der Waals surface area contributed by atoms with Crippen molar-refractivity contribution in [3.05, 3.63) is 52.8 Å². The van der Waals surface area contributed by atoms with Gasteiger partial charge in [0.25, 0.3) is 5.91 Å². The Morgan fingerprint density at radius 3 is 2.58 bits per heavy atom. The van der Waals surface area contributed by atoms with Gasteiger partial charge in [-0.2, -0.15) is 5.10 Å². The van der Waals surface area contributed by atoms with Crippen LogP contribution in [0.25, 0.3) is 0 Å². The number of aryl methyl sites for hydroxylation is 2. The lowest BCUT2D eigenvalue weighted by Gasteiger charge is -2.38. The summed E-state index contributed by atoms with van der Waals surface area (Å²) in [5.74, 6) is -0.374. The van der Waals surface area contributed by atoms with E-state index in [4.69, 9.17) is 4.74 Å². The van der Waals surface area contributed by atoms with Gasteiger partial charge < -0.3 is 15.0 Å². The van der Waals surface area contributed by atoms with E-state index in [1.165, 1.54) is 0 Å². The highest BCUT2D eigenvalue weighted by atomic mass is 16.5. The van der Waals surface area contributed by atoms with Gasteiger partial charge in [0.1, 0.15) is 6.61 Å². The standard InChI is InChI=1S/C19H24N4O3/c1-12-5-7-14(8-6-12)17-18(26-11-16(24)22(17)3)19(25)20-9-15-10-21-23(4)13(15)2/h5-8,10,17-18H,9,11H2,1-4H3,(H,20,25). The largest absolute Gasteiger partial charge is 0.356 e. The summed E-state index contributed by atoms with van der Waals surface area (Å²) in [6, 6.07) is 7.35. The van der Waals surface area contributed by atoms with E-state index in [0.717, 1.165) is 22.4 Å². The normalized spacial score (nSPS) is 20.3. The summed E-state index contributed by atoms with van der Waals surface area (Å²) in [6.45, 7) is 4.23. The van der Waals surface area contributed by atoms with Crippen LogP contribution < -0.4 is 5.32 Å². The molecule has 1 saturated heterocycles. The number of carbonyl (C=O) groups is 2. The van der Waals surface area contributed by atoms with Crippen LogP contribution in [0.15, 0.2) is 30.5 Å². The predicted octanol–water partition coefficient (Wildman–Crippen LogP) is 1.25. The van der Waals surface area contributed by atoms with Crippen LogP contribution in [-0.4, -0.2) is 46.3 Å². The number of rotatable bonds is 4. The molecule has 0 spiro atoms. The Kier molecular flexibility index (Phi) is 5.08. The lowest BCUT2D eigenvalue weighted by Crippen LogP contribution is -2.52. The third-order valence-electron chi connectivity index (χ3n) is 4.95. The number of amides is 2. The first kappa shape index (κ1) is 18.1. The lowest BCUT2D eigenvalue weighted by atomic mass is 9.96. The van der Waals surface area contributed by atoms with Crippen molar-refractivity contribution in [2.45, 2.75) is 32.5 Å². The molecule has 1 aliphatic heterocycles. The van der Waals surface area contributed by atoms with Crippen molar-refractivity contribution in [3.63, 3.8) is 0 Å². The predicted molar refractivity (Wildman–Crippen MR) is 96.2 cm³/mol. The van der Waals surface area contributed by atoms with E-state index >= 15 is 0 Å². The molecule has 1 aliphatic rings. The fourth-order valence-electron chi connectivity index (χ4n) is 3.09. The molecule has 3 rings (SSSR count). The van der Waals surface area contributed by atoms with Gasteiger partial charge in [-0.25, -0.2) is 0 Å². The van der Waals surface area contributed by atoms with Gasteiger partial charge in [0.05, 0.1) is 12.2 Å². The van der Waals surface area contributed by atoms with Crippen molar-refractivity contribution in [1.29, 1.82) is 0 Å². The van der Waals surface area contributed by atoms with E-state index in [1.807, 2.05) is 45.2 Å². The lowest BCUT2D eigenvalue weighted by molar-refractivity contribution is -0.162. The maximum absolute atomic E-state index is 12.8.